The minimum absolute atomic E-state index is 0.00300. The summed E-state index contributed by atoms with van der Waals surface area (Å²) in [5, 5.41) is 13.9. The fourth-order valence-corrected chi connectivity index (χ4v) is 7.16. The first-order chi connectivity index (χ1) is 21.4. The van der Waals surface area contributed by atoms with Gasteiger partial charge in [-0.1, -0.05) is 58.0 Å². The SMILES string of the molecule is CC(C)(CC(=O)N(CC(=O)O)Cc1ccccc1)SSCCOC(=O)Nc1cccc2c1C(=O)N(C1CCC(=O)NC1=O)C2=O. The lowest BCUT2D eigenvalue weighted by molar-refractivity contribution is -0.145. The van der Waals surface area contributed by atoms with Gasteiger partial charge in [-0.2, -0.15) is 0 Å². The first-order valence-corrected chi connectivity index (χ1v) is 16.3. The Balaban J connectivity index is 1.25. The number of amides is 6. The maximum Gasteiger partial charge on any atom is 0.411 e. The molecule has 1 atom stereocenters. The number of nitrogens with one attached hydrogen (secondary N) is 2. The number of benzene rings is 2. The standard InChI is InChI=1S/C30H32N4O9S2/c1-30(2,15-23(36)33(17-24(37)38)16-18-7-4-3-5-8-18)45-44-14-13-43-29(42)31-20-10-6-9-19-25(20)28(41)34(27(19)40)21-11-12-22(35)32-26(21)39/h3-10,21H,11-17H2,1-2H3,(H,31,42)(H,37,38)(H,32,35,39). The number of carboxylic acid groups (broad SMARTS) is 1. The molecule has 2 aromatic rings. The molecule has 1 fully saturated rings. The largest absolute Gasteiger partial charge is 0.480 e. The molecular weight excluding hydrogens is 624 g/mol. The van der Waals surface area contributed by atoms with Crippen LogP contribution in [0.3, 0.4) is 0 Å². The van der Waals surface area contributed by atoms with Crippen LogP contribution < -0.4 is 10.6 Å². The van der Waals surface area contributed by atoms with Gasteiger partial charge in [-0.05, 0) is 38.0 Å². The average molecular weight is 657 g/mol. The van der Waals surface area contributed by atoms with Gasteiger partial charge in [0.1, 0.15) is 19.2 Å². The second kappa shape index (κ2) is 14.6. The summed E-state index contributed by atoms with van der Waals surface area (Å²) in [5.41, 5.74) is 0.834. The highest BCUT2D eigenvalue weighted by molar-refractivity contribution is 8.77. The van der Waals surface area contributed by atoms with Crippen molar-refractivity contribution in [3.05, 3.63) is 65.2 Å². The molecule has 3 N–H and O–H groups in total. The maximum atomic E-state index is 13.2. The van der Waals surface area contributed by atoms with E-state index in [0.29, 0.717) is 5.75 Å². The number of carbonyl (C=O) groups excluding carboxylic acids is 6. The van der Waals surface area contributed by atoms with Crippen LogP contribution in [0.15, 0.2) is 48.5 Å². The Bertz CT molecular complexity index is 1520. The molecule has 2 aliphatic rings. The Kier molecular flexibility index (Phi) is 10.9. The number of fused-ring (bicyclic) bond motifs is 1. The number of hydrogen-bond acceptors (Lipinski definition) is 10. The highest BCUT2D eigenvalue weighted by Gasteiger charge is 2.45. The van der Waals surface area contributed by atoms with E-state index < -0.39 is 53.0 Å². The van der Waals surface area contributed by atoms with Crippen LogP contribution in [0, 0.1) is 0 Å². The first-order valence-electron chi connectivity index (χ1n) is 14.0. The van der Waals surface area contributed by atoms with E-state index in [0.717, 1.165) is 10.5 Å². The van der Waals surface area contributed by atoms with Crippen molar-refractivity contribution in [3.63, 3.8) is 0 Å². The Morgan fingerprint density at radius 1 is 1.07 bits per heavy atom. The van der Waals surface area contributed by atoms with Crippen LogP contribution in [0.2, 0.25) is 0 Å². The molecule has 2 aromatic carbocycles. The summed E-state index contributed by atoms with van der Waals surface area (Å²) in [5.74, 6) is -3.69. The number of rotatable bonds is 13. The third-order valence-electron chi connectivity index (χ3n) is 6.86. The minimum Gasteiger partial charge on any atom is -0.480 e. The predicted octanol–water partition coefficient (Wildman–Crippen LogP) is 3.30. The zero-order valence-corrected chi connectivity index (χ0v) is 26.2. The third kappa shape index (κ3) is 8.63. The number of nitrogens with zero attached hydrogens (tertiary/aromatic N) is 2. The number of anilines is 1. The number of aliphatic carboxylic acids is 1. The summed E-state index contributed by atoms with van der Waals surface area (Å²) in [7, 11) is 2.78. The summed E-state index contributed by atoms with van der Waals surface area (Å²) < 4.78 is 4.70. The second-order valence-corrected chi connectivity index (χ2v) is 14.0. The first kappa shape index (κ1) is 33.5. The molecule has 15 heteroatoms. The number of carboxylic acids is 1. The minimum atomic E-state index is -1.13. The molecule has 238 valence electrons. The van der Waals surface area contributed by atoms with Gasteiger partial charge >= 0.3 is 12.1 Å². The van der Waals surface area contributed by atoms with Crippen LogP contribution >= 0.6 is 21.6 Å². The zero-order valence-electron chi connectivity index (χ0n) is 24.6. The van der Waals surface area contributed by atoms with E-state index in [2.05, 4.69) is 10.6 Å². The highest BCUT2D eigenvalue weighted by atomic mass is 33.1. The predicted molar refractivity (Wildman–Crippen MR) is 166 cm³/mol. The van der Waals surface area contributed by atoms with Gasteiger partial charge in [0.15, 0.2) is 0 Å². The van der Waals surface area contributed by atoms with Crippen LogP contribution in [0.25, 0.3) is 0 Å². The van der Waals surface area contributed by atoms with Gasteiger partial charge in [0.05, 0.1) is 16.8 Å². The Hall–Kier alpha value is -4.37. The summed E-state index contributed by atoms with van der Waals surface area (Å²) in [6, 6.07) is 12.3. The molecule has 1 saturated heterocycles. The lowest BCUT2D eigenvalue weighted by Gasteiger charge is -2.27. The van der Waals surface area contributed by atoms with Crippen LogP contribution in [0.5, 0.6) is 0 Å². The number of carbonyl (C=O) groups is 7. The molecule has 0 aliphatic carbocycles. The fraction of sp³-hybridized carbons (Fsp3) is 0.367. The second-order valence-electron chi connectivity index (χ2n) is 10.9. The van der Waals surface area contributed by atoms with E-state index in [-0.39, 0.29) is 55.1 Å². The molecule has 0 saturated carbocycles. The van der Waals surface area contributed by atoms with E-state index in [1.807, 2.05) is 44.2 Å². The van der Waals surface area contributed by atoms with Crippen LogP contribution in [-0.4, -0.2) is 86.2 Å². The van der Waals surface area contributed by atoms with E-state index in [1.165, 1.54) is 44.7 Å². The molecule has 2 heterocycles. The van der Waals surface area contributed by atoms with E-state index in [9.17, 15) is 38.7 Å². The van der Waals surface area contributed by atoms with Crippen molar-refractivity contribution in [2.45, 2.75) is 50.4 Å². The summed E-state index contributed by atoms with van der Waals surface area (Å²) in [6.07, 6.45) is -0.764. The summed E-state index contributed by atoms with van der Waals surface area (Å²) >= 11 is 0. The monoisotopic (exact) mass is 656 g/mol. The van der Waals surface area contributed by atoms with Crippen LogP contribution in [0.4, 0.5) is 10.5 Å². The van der Waals surface area contributed by atoms with Crippen molar-refractivity contribution in [3.8, 4) is 0 Å². The van der Waals surface area contributed by atoms with Gasteiger partial charge in [0.25, 0.3) is 11.8 Å². The molecule has 0 radical (unpaired) electrons. The number of imide groups is 2. The van der Waals surface area contributed by atoms with Crippen molar-refractivity contribution in [2.75, 3.05) is 24.2 Å². The normalized spacial score (nSPS) is 16.2. The highest BCUT2D eigenvalue weighted by Crippen LogP contribution is 2.38. The van der Waals surface area contributed by atoms with Crippen LogP contribution in [-0.2, 0) is 30.5 Å². The topological polar surface area (TPSA) is 179 Å². The summed E-state index contributed by atoms with van der Waals surface area (Å²) in [6.45, 7) is 3.50. The summed E-state index contributed by atoms with van der Waals surface area (Å²) in [4.78, 5) is 89.0. The molecule has 45 heavy (non-hydrogen) atoms. The fourth-order valence-electron chi connectivity index (χ4n) is 4.84. The lowest BCUT2D eigenvalue weighted by atomic mass is 10.0. The Morgan fingerprint density at radius 3 is 2.49 bits per heavy atom. The lowest BCUT2D eigenvalue weighted by Crippen LogP contribution is -2.54. The molecule has 1 unspecified atom stereocenters. The third-order valence-corrected chi connectivity index (χ3v) is 10.1. The zero-order chi connectivity index (χ0) is 32.7. The van der Waals surface area contributed by atoms with Gasteiger partial charge in [-0.15, -0.1) is 0 Å². The molecule has 0 aromatic heterocycles. The Morgan fingerprint density at radius 2 is 1.80 bits per heavy atom. The molecule has 2 aliphatic heterocycles. The average Bonchev–Trinajstić information content (AvgIpc) is 3.22. The smallest absolute Gasteiger partial charge is 0.411 e. The van der Waals surface area contributed by atoms with Gasteiger partial charge < -0.3 is 14.7 Å². The van der Waals surface area contributed by atoms with Crippen molar-refractivity contribution < 1.29 is 43.4 Å². The number of piperidine rings is 1. The van der Waals surface area contributed by atoms with Gasteiger partial charge in [0, 0.05) is 29.9 Å². The van der Waals surface area contributed by atoms with Gasteiger partial charge in [0.2, 0.25) is 17.7 Å². The molecule has 13 nitrogen and oxygen atoms in total. The van der Waals surface area contributed by atoms with E-state index in [1.54, 1.807) is 0 Å². The van der Waals surface area contributed by atoms with Crippen molar-refractivity contribution in [1.29, 1.82) is 0 Å². The van der Waals surface area contributed by atoms with Gasteiger partial charge in [-0.25, -0.2) is 4.79 Å². The Labute approximate surface area is 266 Å². The van der Waals surface area contributed by atoms with Crippen molar-refractivity contribution in [2.24, 2.45) is 0 Å². The molecule has 0 spiro atoms. The molecule has 0 bridgehead atoms. The maximum absolute atomic E-state index is 13.2. The van der Waals surface area contributed by atoms with Crippen molar-refractivity contribution in [1.82, 2.24) is 15.1 Å². The van der Waals surface area contributed by atoms with Gasteiger partial charge in [-0.3, -0.25) is 44.3 Å². The molecular formula is C30H32N4O9S2. The number of ether oxygens (including phenoxy) is 1. The number of hydrogen-bond donors (Lipinski definition) is 3. The van der Waals surface area contributed by atoms with Crippen molar-refractivity contribution >= 4 is 68.9 Å². The van der Waals surface area contributed by atoms with E-state index in [4.69, 9.17) is 4.74 Å². The van der Waals surface area contributed by atoms with E-state index >= 15 is 0 Å². The quantitative estimate of drug-likeness (QED) is 0.164. The van der Waals surface area contributed by atoms with Crippen LogP contribution in [0.1, 0.15) is 59.4 Å². The molecule has 4 rings (SSSR count). The molecule has 6 amide bonds.